The number of urea groups is 1. The lowest BCUT2D eigenvalue weighted by Crippen LogP contribution is -2.43. The molecule has 0 aliphatic heterocycles. The fraction of sp³-hybridized carbons (Fsp3) is 0.667. The summed E-state index contributed by atoms with van der Waals surface area (Å²) in [5, 5.41) is 14.5. The van der Waals surface area contributed by atoms with Crippen molar-refractivity contribution in [1.29, 1.82) is 0 Å². The van der Waals surface area contributed by atoms with Gasteiger partial charge in [0.2, 0.25) is 0 Å². The number of amides is 2. The van der Waals surface area contributed by atoms with Gasteiger partial charge in [0.15, 0.2) is 0 Å². The van der Waals surface area contributed by atoms with E-state index in [2.05, 4.69) is 19.2 Å². The van der Waals surface area contributed by atoms with Crippen LogP contribution in [0.4, 0.5) is 4.79 Å². The predicted molar refractivity (Wildman–Crippen MR) is 83.9 cm³/mol. The monoisotopic (exact) mass is 298 g/mol. The van der Waals surface area contributed by atoms with Crippen LogP contribution in [0.1, 0.15) is 39.0 Å². The number of aliphatic hydroxyl groups excluding tert-OH is 1. The summed E-state index contributed by atoms with van der Waals surface area (Å²) in [6, 6.07) is 4.00. The van der Waals surface area contributed by atoms with E-state index in [4.69, 9.17) is 0 Å². The Labute approximate surface area is 125 Å². The van der Waals surface area contributed by atoms with Gasteiger partial charge in [-0.2, -0.15) is 0 Å². The van der Waals surface area contributed by atoms with Crippen LogP contribution in [0.25, 0.3) is 0 Å². The Morgan fingerprint density at radius 2 is 2.25 bits per heavy atom. The van der Waals surface area contributed by atoms with Crippen molar-refractivity contribution in [2.24, 2.45) is 5.41 Å². The van der Waals surface area contributed by atoms with E-state index in [1.54, 1.807) is 23.2 Å². The molecule has 0 bridgehead atoms. The molecule has 1 unspecified atom stereocenters. The molecule has 4 nitrogen and oxygen atoms in total. The first-order chi connectivity index (χ1) is 9.34. The average molecular weight is 298 g/mol. The van der Waals surface area contributed by atoms with Crippen LogP contribution in [-0.4, -0.2) is 35.2 Å². The molecule has 0 aromatic carbocycles. The first kappa shape index (κ1) is 17.0. The normalized spacial score (nSPS) is 13.1. The summed E-state index contributed by atoms with van der Waals surface area (Å²) in [6.45, 7) is 9.76. The Balaban J connectivity index is 2.47. The van der Waals surface area contributed by atoms with Gasteiger partial charge in [-0.05, 0) is 37.1 Å². The molecule has 1 aromatic rings. The first-order valence-electron chi connectivity index (χ1n) is 7.07. The molecule has 2 N–H and O–H groups in total. The molecular weight excluding hydrogens is 272 g/mol. The van der Waals surface area contributed by atoms with Crippen LogP contribution in [0.3, 0.4) is 0 Å². The third-order valence-corrected chi connectivity index (χ3v) is 4.02. The first-order valence-corrected chi connectivity index (χ1v) is 7.95. The van der Waals surface area contributed by atoms with Crippen LogP contribution < -0.4 is 5.32 Å². The molecule has 0 saturated heterocycles. The molecule has 1 atom stereocenters. The molecule has 1 heterocycles. The van der Waals surface area contributed by atoms with E-state index in [-0.39, 0.29) is 17.6 Å². The molecule has 0 saturated carbocycles. The number of aliphatic hydroxyl groups is 1. The quantitative estimate of drug-likeness (QED) is 0.813. The fourth-order valence-corrected chi connectivity index (χ4v) is 2.94. The van der Waals surface area contributed by atoms with Crippen molar-refractivity contribution in [3.63, 3.8) is 0 Å². The van der Waals surface area contributed by atoms with Crippen molar-refractivity contribution < 1.29 is 9.90 Å². The number of rotatable bonds is 7. The van der Waals surface area contributed by atoms with Crippen LogP contribution in [0, 0.1) is 5.41 Å². The zero-order valence-electron chi connectivity index (χ0n) is 12.8. The maximum atomic E-state index is 12.2. The highest BCUT2D eigenvalue weighted by Crippen LogP contribution is 2.21. The molecular formula is C15H26N2O2S. The number of nitrogens with zero attached hydrogens (tertiary/aromatic N) is 1. The SMILES string of the molecule is CCN(Cc1cccs1)C(=O)NCC(C)(C)CC(C)O. The number of nitrogens with one attached hydrogen (secondary N) is 1. The summed E-state index contributed by atoms with van der Waals surface area (Å²) in [6.07, 6.45) is 0.319. The molecule has 1 aromatic heterocycles. The minimum absolute atomic E-state index is 0.0421. The van der Waals surface area contributed by atoms with Gasteiger partial charge in [0.05, 0.1) is 12.6 Å². The minimum atomic E-state index is -0.352. The van der Waals surface area contributed by atoms with E-state index < -0.39 is 0 Å². The lowest BCUT2D eigenvalue weighted by molar-refractivity contribution is 0.126. The van der Waals surface area contributed by atoms with Crippen molar-refractivity contribution in [3.05, 3.63) is 22.4 Å². The topological polar surface area (TPSA) is 52.6 Å². The van der Waals surface area contributed by atoms with Gasteiger partial charge in [0.1, 0.15) is 0 Å². The zero-order valence-corrected chi connectivity index (χ0v) is 13.7. The third kappa shape index (κ3) is 5.92. The van der Waals surface area contributed by atoms with Gasteiger partial charge >= 0.3 is 6.03 Å². The minimum Gasteiger partial charge on any atom is -0.393 e. The summed E-state index contributed by atoms with van der Waals surface area (Å²) in [5.74, 6) is 0. The van der Waals surface area contributed by atoms with E-state index in [1.807, 2.05) is 24.4 Å². The van der Waals surface area contributed by atoms with Gasteiger partial charge in [-0.1, -0.05) is 19.9 Å². The second kappa shape index (κ2) is 7.64. The van der Waals surface area contributed by atoms with E-state index >= 15 is 0 Å². The van der Waals surface area contributed by atoms with E-state index in [0.717, 1.165) is 0 Å². The smallest absolute Gasteiger partial charge is 0.317 e. The molecule has 0 spiro atoms. The summed E-state index contributed by atoms with van der Waals surface area (Å²) in [4.78, 5) is 15.2. The highest BCUT2D eigenvalue weighted by Gasteiger charge is 2.22. The number of hydrogen-bond acceptors (Lipinski definition) is 3. The highest BCUT2D eigenvalue weighted by atomic mass is 32.1. The van der Waals surface area contributed by atoms with Crippen molar-refractivity contribution in [2.45, 2.75) is 46.8 Å². The molecule has 5 heteroatoms. The van der Waals surface area contributed by atoms with Crippen molar-refractivity contribution >= 4 is 17.4 Å². The second-order valence-electron chi connectivity index (χ2n) is 5.97. The van der Waals surface area contributed by atoms with Crippen LogP contribution in [0.15, 0.2) is 17.5 Å². The highest BCUT2D eigenvalue weighted by molar-refractivity contribution is 7.09. The Morgan fingerprint density at radius 3 is 2.75 bits per heavy atom. The van der Waals surface area contributed by atoms with E-state index in [0.29, 0.717) is 26.1 Å². The van der Waals surface area contributed by atoms with E-state index in [9.17, 15) is 9.90 Å². The van der Waals surface area contributed by atoms with Gasteiger partial charge in [-0.15, -0.1) is 11.3 Å². The summed E-state index contributed by atoms with van der Waals surface area (Å²) in [5.41, 5.74) is -0.105. The molecule has 2 amide bonds. The maximum absolute atomic E-state index is 12.2. The van der Waals surface area contributed by atoms with Crippen LogP contribution in [0.2, 0.25) is 0 Å². The lowest BCUT2D eigenvalue weighted by Gasteiger charge is -2.28. The van der Waals surface area contributed by atoms with Crippen molar-refractivity contribution in [2.75, 3.05) is 13.1 Å². The second-order valence-corrected chi connectivity index (χ2v) is 7.00. The number of thiophene rings is 1. The zero-order chi connectivity index (χ0) is 15.2. The van der Waals surface area contributed by atoms with Gasteiger partial charge in [-0.3, -0.25) is 0 Å². The Hall–Kier alpha value is -1.07. The molecule has 0 aliphatic rings. The Bertz CT molecular complexity index is 402. The van der Waals surface area contributed by atoms with Crippen molar-refractivity contribution in [1.82, 2.24) is 10.2 Å². The van der Waals surface area contributed by atoms with Gasteiger partial charge < -0.3 is 15.3 Å². The summed E-state index contributed by atoms with van der Waals surface area (Å²) in [7, 11) is 0. The Kier molecular flexibility index (Phi) is 6.49. The standard InChI is InChI=1S/C15H26N2O2S/c1-5-17(10-13-7-6-8-20-13)14(19)16-11-15(3,4)9-12(2)18/h6-8,12,18H,5,9-11H2,1-4H3,(H,16,19). The fourth-order valence-electron chi connectivity index (χ4n) is 2.22. The largest absolute Gasteiger partial charge is 0.393 e. The van der Waals surface area contributed by atoms with Gasteiger partial charge in [0.25, 0.3) is 0 Å². The lowest BCUT2D eigenvalue weighted by atomic mass is 9.87. The van der Waals surface area contributed by atoms with E-state index in [1.165, 1.54) is 4.88 Å². The number of hydrogen-bond donors (Lipinski definition) is 2. The van der Waals surface area contributed by atoms with Crippen LogP contribution in [-0.2, 0) is 6.54 Å². The van der Waals surface area contributed by atoms with Crippen LogP contribution >= 0.6 is 11.3 Å². The average Bonchev–Trinajstić information content (AvgIpc) is 2.84. The predicted octanol–water partition coefficient (Wildman–Crippen LogP) is 3.08. The molecule has 20 heavy (non-hydrogen) atoms. The van der Waals surface area contributed by atoms with Gasteiger partial charge in [0, 0.05) is 18.0 Å². The summed E-state index contributed by atoms with van der Waals surface area (Å²) >= 11 is 1.66. The number of carbonyl (C=O) groups excluding carboxylic acids is 1. The molecule has 1 rings (SSSR count). The molecule has 0 radical (unpaired) electrons. The Morgan fingerprint density at radius 1 is 1.55 bits per heavy atom. The maximum Gasteiger partial charge on any atom is 0.317 e. The molecule has 0 fully saturated rings. The number of carbonyl (C=O) groups is 1. The molecule has 114 valence electrons. The summed E-state index contributed by atoms with van der Waals surface area (Å²) < 4.78 is 0. The van der Waals surface area contributed by atoms with Crippen LogP contribution in [0.5, 0.6) is 0 Å². The third-order valence-electron chi connectivity index (χ3n) is 3.16. The molecule has 0 aliphatic carbocycles. The van der Waals surface area contributed by atoms with Gasteiger partial charge in [-0.25, -0.2) is 4.79 Å². The van der Waals surface area contributed by atoms with Crippen molar-refractivity contribution in [3.8, 4) is 0 Å².